The molecule has 2 rings (SSSR count). The van der Waals surface area contributed by atoms with E-state index in [0.717, 1.165) is 25.7 Å². The van der Waals surface area contributed by atoms with Crippen molar-refractivity contribution in [2.75, 3.05) is 12.8 Å². The van der Waals surface area contributed by atoms with Gasteiger partial charge in [-0.25, -0.2) is 0 Å². The Morgan fingerprint density at radius 1 is 1.29 bits per heavy atom. The summed E-state index contributed by atoms with van der Waals surface area (Å²) in [5.41, 5.74) is 7.08. The Morgan fingerprint density at radius 3 is 2.59 bits per heavy atom. The molecule has 3 heteroatoms. The number of Topliss-reactive ketones (excluding diaryl/α,β-unsaturated/α-hetero) is 1. The number of hydrogen-bond donors (Lipinski definition) is 1. The zero-order valence-corrected chi connectivity index (χ0v) is 10.2. The van der Waals surface area contributed by atoms with E-state index in [1.165, 1.54) is 6.42 Å². The summed E-state index contributed by atoms with van der Waals surface area (Å²) in [5, 5.41) is 0. The Balaban J connectivity index is 2.18. The maximum Gasteiger partial charge on any atom is 0.168 e. The normalized spacial score (nSPS) is 16.8. The molecule has 0 heterocycles. The van der Waals surface area contributed by atoms with Crippen LogP contribution < -0.4 is 10.5 Å². The molecule has 2 N–H and O–H groups in total. The molecule has 1 aromatic carbocycles. The highest BCUT2D eigenvalue weighted by Crippen LogP contribution is 2.29. The maximum atomic E-state index is 12.3. The summed E-state index contributed by atoms with van der Waals surface area (Å²) in [6.07, 6.45) is 5.58. The minimum absolute atomic E-state index is 0.166. The van der Waals surface area contributed by atoms with Crippen LogP contribution in [0.15, 0.2) is 18.2 Å². The second-order valence-electron chi connectivity index (χ2n) is 4.65. The monoisotopic (exact) mass is 233 g/mol. The molecular formula is C14H19NO2. The fourth-order valence-electron chi connectivity index (χ4n) is 2.48. The van der Waals surface area contributed by atoms with E-state index in [1.807, 2.05) is 0 Å². The molecular weight excluding hydrogens is 214 g/mol. The van der Waals surface area contributed by atoms with Gasteiger partial charge in [0.15, 0.2) is 5.78 Å². The first kappa shape index (κ1) is 12.0. The number of hydrogen-bond acceptors (Lipinski definition) is 3. The molecule has 1 aliphatic carbocycles. The van der Waals surface area contributed by atoms with E-state index in [-0.39, 0.29) is 11.7 Å². The van der Waals surface area contributed by atoms with Crippen molar-refractivity contribution in [1.29, 1.82) is 0 Å². The van der Waals surface area contributed by atoms with Gasteiger partial charge in [-0.05, 0) is 25.0 Å². The number of ether oxygens (including phenoxy) is 1. The Labute approximate surface area is 102 Å². The molecule has 0 saturated heterocycles. The van der Waals surface area contributed by atoms with E-state index in [9.17, 15) is 4.79 Å². The fourth-order valence-corrected chi connectivity index (χ4v) is 2.48. The van der Waals surface area contributed by atoms with Gasteiger partial charge in [-0.15, -0.1) is 0 Å². The third kappa shape index (κ3) is 2.60. The van der Waals surface area contributed by atoms with Crippen molar-refractivity contribution in [2.45, 2.75) is 32.1 Å². The molecule has 0 radical (unpaired) electrons. The summed E-state index contributed by atoms with van der Waals surface area (Å²) in [4.78, 5) is 12.3. The average molecular weight is 233 g/mol. The van der Waals surface area contributed by atoms with Gasteiger partial charge in [0.2, 0.25) is 0 Å². The van der Waals surface area contributed by atoms with Crippen LogP contribution in [0, 0.1) is 5.92 Å². The summed E-state index contributed by atoms with van der Waals surface area (Å²) < 4.78 is 5.08. The van der Waals surface area contributed by atoms with E-state index in [4.69, 9.17) is 10.5 Å². The van der Waals surface area contributed by atoms with Gasteiger partial charge in [0, 0.05) is 23.2 Å². The molecule has 0 unspecified atom stereocenters. The van der Waals surface area contributed by atoms with Gasteiger partial charge in [0.1, 0.15) is 5.75 Å². The van der Waals surface area contributed by atoms with Gasteiger partial charge < -0.3 is 10.5 Å². The van der Waals surface area contributed by atoms with Crippen LogP contribution in [0.3, 0.4) is 0 Å². The zero-order valence-electron chi connectivity index (χ0n) is 10.2. The number of carbonyl (C=O) groups excluding carboxylic acids is 1. The van der Waals surface area contributed by atoms with Crippen LogP contribution in [0.5, 0.6) is 5.75 Å². The van der Waals surface area contributed by atoms with Crippen LogP contribution in [0.2, 0.25) is 0 Å². The molecule has 0 aromatic heterocycles. The summed E-state index contributed by atoms with van der Waals surface area (Å²) in [5.74, 6) is 1.06. The predicted octanol–water partition coefficient (Wildman–Crippen LogP) is 3.04. The first-order valence-corrected chi connectivity index (χ1v) is 6.20. The Kier molecular flexibility index (Phi) is 3.67. The quantitative estimate of drug-likeness (QED) is 0.645. The number of methoxy groups -OCH3 is 1. The van der Waals surface area contributed by atoms with Crippen molar-refractivity contribution in [3.05, 3.63) is 23.8 Å². The van der Waals surface area contributed by atoms with Crippen molar-refractivity contribution in [1.82, 2.24) is 0 Å². The SMILES string of the molecule is COc1ccc(C(=O)C2CCCCC2)c(N)c1. The minimum Gasteiger partial charge on any atom is -0.497 e. The predicted molar refractivity (Wildman–Crippen MR) is 68.3 cm³/mol. The lowest BCUT2D eigenvalue weighted by Gasteiger charge is -2.21. The third-order valence-electron chi connectivity index (χ3n) is 3.50. The lowest BCUT2D eigenvalue weighted by molar-refractivity contribution is 0.0890. The van der Waals surface area contributed by atoms with Crippen LogP contribution in [0.4, 0.5) is 5.69 Å². The Bertz CT molecular complexity index is 409. The van der Waals surface area contributed by atoms with Crippen LogP contribution in [0.1, 0.15) is 42.5 Å². The average Bonchev–Trinajstić information content (AvgIpc) is 2.39. The topological polar surface area (TPSA) is 52.3 Å². The highest BCUT2D eigenvalue weighted by molar-refractivity contribution is 6.02. The van der Waals surface area contributed by atoms with Crippen molar-refractivity contribution in [3.8, 4) is 5.75 Å². The highest BCUT2D eigenvalue weighted by atomic mass is 16.5. The van der Waals surface area contributed by atoms with E-state index in [0.29, 0.717) is 17.0 Å². The Morgan fingerprint density at radius 2 is 2.00 bits per heavy atom. The number of anilines is 1. The van der Waals surface area contributed by atoms with Crippen molar-refractivity contribution >= 4 is 11.5 Å². The summed E-state index contributed by atoms with van der Waals surface area (Å²) in [6, 6.07) is 5.30. The minimum atomic E-state index is 0.166. The van der Waals surface area contributed by atoms with E-state index in [1.54, 1.807) is 25.3 Å². The molecule has 0 spiro atoms. The number of nitrogens with two attached hydrogens (primary N) is 1. The first-order chi connectivity index (χ1) is 8.22. The fraction of sp³-hybridized carbons (Fsp3) is 0.500. The highest BCUT2D eigenvalue weighted by Gasteiger charge is 2.23. The maximum absolute atomic E-state index is 12.3. The van der Waals surface area contributed by atoms with Crippen molar-refractivity contribution in [3.63, 3.8) is 0 Å². The van der Waals surface area contributed by atoms with Gasteiger partial charge >= 0.3 is 0 Å². The molecule has 0 bridgehead atoms. The van der Waals surface area contributed by atoms with Crippen LogP contribution >= 0.6 is 0 Å². The molecule has 17 heavy (non-hydrogen) atoms. The van der Waals surface area contributed by atoms with Crippen LogP contribution in [0.25, 0.3) is 0 Å². The number of ketones is 1. The summed E-state index contributed by atoms with van der Waals surface area (Å²) in [7, 11) is 1.59. The zero-order chi connectivity index (χ0) is 12.3. The smallest absolute Gasteiger partial charge is 0.168 e. The molecule has 3 nitrogen and oxygen atoms in total. The molecule has 1 aromatic rings. The molecule has 0 aliphatic heterocycles. The van der Waals surface area contributed by atoms with Crippen LogP contribution in [-0.4, -0.2) is 12.9 Å². The van der Waals surface area contributed by atoms with Gasteiger partial charge in [0.25, 0.3) is 0 Å². The summed E-state index contributed by atoms with van der Waals surface area (Å²) in [6.45, 7) is 0. The van der Waals surface area contributed by atoms with Gasteiger partial charge in [-0.3, -0.25) is 4.79 Å². The lowest BCUT2D eigenvalue weighted by Crippen LogP contribution is -2.19. The summed E-state index contributed by atoms with van der Waals surface area (Å²) >= 11 is 0. The van der Waals surface area contributed by atoms with Crippen molar-refractivity contribution < 1.29 is 9.53 Å². The molecule has 0 amide bonds. The molecule has 92 valence electrons. The van der Waals surface area contributed by atoms with E-state index >= 15 is 0 Å². The third-order valence-corrected chi connectivity index (χ3v) is 3.50. The first-order valence-electron chi connectivity index (χ1n) is 6.20. The second kappa shape index (κ2) is 5.21. The molecule has 0 atom stereocenters. The van der Waals surface area contributed by atoms with Gasteiger partial charge in [-0.2, -0.15) is 0 Å². The standard InChI is InChI=1S/C14H19NO2/c1-17-11-7-8-12(13(15)9-11)14(16)10-5-3-2-4-6-10/h7-10H,2-6,15H2,1H3. The number of rotatable bonds is 3. The lowest BCUT2D eigenvalue weighted by atomic mass is 9.83. The van der Waals surface area contributed by atoms with Gasteiger partial charge in [-0.1, -0.05) is 19.3 Å². The second-order valence-corrected chi connectivity index (χ2v) is 4.65. The number of carbonyl (C=O) groups is 1. The van der Waals surface area contributed by atoms with E-state index in [2.05, 4.69) is 0 Å². The number of nitrogen functional groups attached to an aromatic ring is 1. The number of benzene rings is 1. The van der Waals surface area contributed by atoms with Crippen molar-refractivity contribution in [2.24, 2.45) is 5.92 Å². The molecule has 1 fully saturated rings. The van der Waals surface area contributed by atoms with Gasteiger partial charge in [0.05, 0.1) is 7.11 Å². The van der Waals surface area contributed by atoms with E-state index < -0.39 is 0 Å². The molecule has 1 aliphatic rings. The Hall–Kier alpha value is -1.51. The molecule has 1 saturated carbocycles. The van der Waals surface area contributed by atoms with Crippen LogP contribution in [-0.2, 0) is 0 Å². The largest absolute Gasteiger partial charge is 0.497 e.